The molecule has 0 atom stereocenters. The first-order valence-corrected chi connectivity index (χ1v) is 6.16. The molecule has 0 aliphatic carbocycles. The van der Waals surface area contributed by atoms with Crippen molar-refractivity contribution in [3.05, 3.63) is 58.9 Å². The van der Waals surface area contributed by atoms with Gasteiger partial charge in [-0.3, -0.25) is 10.6 Å². The average molecular weight is 273 g/mol. The van der Waals surface area contributed by atoms with Crippen LogP contribution in [0.5, 0.6) is 0 Å². The van der Waals surface area contributed by atoms with Gasteiger partial charge in [-0.05, 0) is 49.2 Å². The second-order valence-corrected chi connectivity index (χ2v) is 4.63. The first-order valence-electron chi connectivity index (χ1n) is 6.16. The molecule has 20 heavy (non-hydrogen) atoms. The maximum Gasteiger partial charge on any atom is 0.257 e. The maximum atomic E-state index is 13.6. The van der Waals surface area contributed by atoms with Crippen LogP contribution in [-0.4, -0.2) is 5.91 Å². The van der Waals surface area contributed by atoms with Crippen molar-refractivity contribution in [2.75, 3.05) is 10.7 Å². The van der Waals surface area contributed by atoms with Crippen LogP contribution in [0.15, 0.2) is 36.4 Å². The van der Waals surface area contributed by atoms with Crippen molar-refractivity contribution in [1.82, 2.24) is 0 Å². The van der Waals surface area contributed by atoms with Gasteiger partial charge in [0.05, 0.1) is 16.9 Å². The van der Waals surface area contributed by atoms with E-state index in [2.05, 4.69) is 10.7 Å². The van der Waals surface area contributed by atoms with E-state index < -0.39 is 11.7 Å². The molecule has 2 rings (SSSR count). The predicted molar refractivity (Wildman–Crippen MR) is 78.1 cm³/mol. The largest absolute Gasteiger partial charge is 0.323 e. The molecule has 104 valence electrons. The quantitative estimate of drug-likeness (QED) is 0.595. The molecule has 0 unspecified atom stereocenters. The molecule has 0 radical (unpaired) electrons. The molecule has 5 heteroatoms. The van der Waals surface area contributed by atoms with Crippen molar-refractivity contribution in [2.45, 2.75) is 13.8 Å². The minimum absolute atomic E-state index is 0.151. The summed E-state index contributed by atoms with van der Waals surface area (Å²) in [4.78, 5) is 12.2. The molecular weight excluding hydrogens is 257 g/mol. The van der Waals surface area contributed by atoms with Gasteiger partial charge in [0, 0.05) is 0 Å². The van der Waals surface area contributed by atoms with Crippen LogP contribution in [-0.2, 0) is 0 Å². The Morgan fingerprint density at radius 3 is 2.30 bits per heavy atom. The Balaban J connectivity index is 2.30. The van der Waals surface area contributed by atoms with Crippen molar-refractivity contribution in [2.24, 2.45) is 5.84 Å². The van der Waals surface area contributed by atoms with Crippen molar-refractivity contribution >= 4 is 17.3 Å². The van der Waals surface area contributed by atoms with Gasteiger partial charge in [-0.2, -0.15) is 0 Å². The van der Waals surface area contributed by atoms with Gasteiger partial charge < -0.3 is 10.7 Å². The maximum absolute atomic E-state index is 13.6. The van der Waals surface area contributed by atoms with E-state index in [1.807, 2.05) is 13.8 Å². The van der Waals surface area contributed by atoms with E-state index in [-0.39, 0.29) is 5.69 Å². The lowest BCUT2D eigenvalue weighted by Crippen LogP contribution is -2.18. The summed E-state index contributed by atoms with van der Waals surface area (Å²) >= 11 is 0. The molecule has 0 saturated carbocycles. The number of amides is 1. The lowest BCUT2D eigenvalue weighted by Gasteiger charge is -2.11. The Bertz CT molecular complexity index is 656. The van der Waals surface area contributed by atoms with E-state index in [0.717, 1.165) is 11.1 Å². The number of hydrazine groups is 1. The second kappa shape index (κ2) is 5.71. The van der Waals surface area contributed by atoms with Gasteiger partial charge >= 0.3 is 0 Å². The summed E-state index contributed by atoms with van der Waals surface area (Å²) < 4.78 is 13.6. The van der Waals surface area contributed by atoms with Gasteiger partial charge in [0.1, 0.15) is 5.82 Å². The molecule has 0 heterocycles. The molecule has 0 aliphatic heterocycles. The number of nitrogens with two attached hydrogens (primary N) is 1. The highest BCUT2D eigenvalue weighted by molar-refractivity contribution is 6.08. The molecule has 0 saturated heterocycles. The Hall–Kier alpha value is -2.40. The molecule has 4 N–H and O–H groups in total. The smallest absolute Gasteiger partial charge is 0.257 e. The first kappa shape index (κ1) is 14.0. The van der Waals surface area contributed by atoms with Crippen molar-refractivity contribution in [3.8, 4) is 0 Å². The number of aryl methyl sites for hydroxylation is 2. The minimum Gasteiger partial charge on any atom is -0.323 e. The number of hydrogen-bond donors (Lipinski definition) is 3. The van der Waals surface area contributed by atoms with Gasteiger partial charge in [-0.1, -0.05) is 12.1 Å². The fraction of sp³-hybridized carbons (Fsp3) is 0.133. The summed E-state index contributed by atoms with van der Waals surface area (Å²) in [5.74, 6) is 4.51. The number of anilines is 2. The number of benzene rings is 2. The number of hydrogen-bond acceptors (Lipinski definition) is 3. The van der Waals surface area contributed by atoms with Gasteiger partial charge in [-0.15, -0.1) is 0 Å². The predicted octanol–water partition coefficient (Wildman–Crippen LogP) is 2.98. The molecular formula is C15H16FN3O. The van der Waals surface area contributed by atoms with Crippen LogP contribution in [0, 0.1) is 19.7 Å². The number of carbonyl (C=O) groups excluding carboxylic acids is 1. The van der Waals surface area contributed by atoms with Gasteiger partial charge in [-0.25, -0.2) is 4.39 Å². The van der Waals surface area contributed by atoms with Crippen LogP contribution in [0.25, 0.3) is 0 Å². The van der Waals surface area contributed by atoms with Gasteiger partial charge in [0.15, 0.2) is 0 Å². The third-order valence-electron chi connectivity index (χ3n) is 2.95. The lowest BCUT2D eigenvalue weighted by atomic mass is 10.1. The lowest BCUT2D eigenvalue weighted by molar-refractivity contribution is 0.102. The van der Waals surface area contributed by atoms with E-state index in [1.54, 1.807) is 30.3 Å². The van der Waals surface area contributed by atoms with E-state index in [4.69, 9.17) is 5.84 Å². The fourth-order valence-corrected chi connectivity index (χ4v) is 1.90. The van der Waals surface area contributed by atoms with E-state index in [1.165, 1.54) is 6.07 Å². The highest BCUT2D eigenvalue weighted by atomic mass is 19.1. The number of rotatable bonds is 3. The number of halogens is 1. The van der Waals surface area contributed by atoms with Crippen molar-refractivity contribution in [1.29, 1.82) is 0 Å². The zero-order valence-corrected chi connectivity index (χ0v) is 11.3. The average Bonchev–Trinajstić information content (AvgIpc) is 2.42. The van der Waals surface area contributed by atoms with Crippen LogP contribution in [0.3, 0.4) is 0 Å². The van der Waals surface area contributed by atoms with E-state index in [9.17, 15) is 9.18 Å². The van der Waals surface area contributed by atoms with Crippen LogP contribution in [0.4, 0.5) is 15.8 Å². The molecule has 0 aliphatic rings. The molecule has 0 spiro atoms. The van der Waals surface area contributed by atoms with Crippen LogP contribution in [0.2, 0.25) is 0 Å². The molecule has 2 aromatic rings. The van der Waals surface area contributed by atoms with E-state index in [0.29, 0.717) is 11.3 Å². The van der Waals surface area contributed by atoms with Crippen LogP contribution >= 0.6 is 0 Å². The number of nitrogens with one attached hydrogen (secondary N) is 2. The summed E-state index contributed by atoms with van der Waals surface area (Å²) in [7, 11) is 0. The Labute approximate surface area is 116 Å². The molecule has 0 fully saturated rings. The highest BCUT2D eigenvalue weighted by Gasteiger charge is 2.13. The van der Waals surface area contributed by atoms with Gasteiger partial charge in [0.2, 0.25) is 0 Å². The highest BCUT2D eigenvalue weighted by Crippen LogP contribution is 2.20. The summed E-state index contributed by atoms with van der Waals surface area (Å²) in [5.41, 5.74) is 5.31. The summed E-state index contributed by atoms with van der Waals surface area (Å²) in [6, 6.07) is 9.74. The first-order chi connectivity index (χ1) is 9.51. The van der Waals surface area contributed by atoms with Crippen LogP contribution < -0.4 is 16.6 Å². The Kier molecular flexibility index (Phi) is 4.00. The molecule has 4 nitrogen and oxygen atoms in total. The Morgan fingerprint density at radius 2 is 1.65 bits per heavy atom. The number of nitrogen functional groups attached to an aromatic ring is 1. The molecule has 0 aromatic heterocycles. The monoisotopic (exact) mass is 273 g/mol. The minimum atomic E-state index is -0.474. The van der Waals surface area contributed by atoms with Crippen LogP contribution in [0.1, 0.15) is 21.5 Å². The molecule has 1 amide bonds. The topological polar surface area (TPSA) is 67.2 Å². The zero-order valence-electron chi connectivity index (χ0n) is 11.3. The second-order valence-electron chi connectivity index (χ2n) is 4.63. The standard InChI is InChI=1S/C15H16FN3O/c1-9-3-5-11(13(7-9)19-17)15(20)18-14-8-10(2)4-6-12(14)16/h3-8,19H,17H2,1-2H3,(H,18,20). The zero-order chi connectivity index (χ0) is 14.7. The molecule has 2 aromatic carbocycles. The van der Waals surface area contributed by atoms with Crippen molar-refractivity contribution < 1.29 is 9.18 Å². The summed E-state index contributed by atoms with van der Waals surface area (Å²) in [5, 5.41) is 2.55. The SMILES string of the molecule is Cc1ccc(F)c(NC(=O)c2ccc(C)cc2NN)c1. The third kappa shape index (κ3) is 2.95. The number of carbonyl (C=O) groups is 1. The summed E-state index contributed by atoms with van der Waals surface area (Å²) in [6.07, 6.45) is 0. The Morgan fingerprint density at radius 1 is 1.05 bits per heavy atom. The molecule has 0 bridgehead atoms. The summed E-state index contributed by atoms with van der Waals surface area (Å²) in [6.45, 7) is 3.72. The fourth-order valence-electron chi connectivity index (χ4n) is 1.90. The van der Waals surface area contributed by atoms with E-state index >= 15 is 0 Å². The third-order valence-corrected chi connectivity index (χ3v) is 2.95. The van der Waals surface area contributed by atoms with Crippen molar-refractivity contribution in [3.63, 3.8) is 0 Å². The van der Waals surface area contributed by atoms with Gasteiger partial charge in [0.25, 0.3) is 5.91 Å². The normalized spacial score (nSPS) is 10.2.